The molecule has 0 saturated heterocycles. The predicted octanol–water partition coefficient (Wildman–Crippen LogP) is 3.01. The van der Waals surface area contributed by atoms with Crippen LogP contribution in [0, 0.1) is 11.2 Å². The van der Waals surface area contributed by atoms with E-state index < -0.39 is 5.82 Å². The van der Waals surface area contributed by atoms with E-state index >= 15 is 0 Å². The molecule has 1 rings (SSSR count). The van der Waals surface area contributed by atoms with Gasteiger partial charge >= 0.3 is 0 Å². The third kappa shape index (κ3) is 4.48. The molecule has 0 aliphatic rings. The first-order valence-corrected chi connectivity index (χ1v) is 6.50. The molecular formula is C14H19ClFNO2. The van der Waals surface area contributed by atoms with Crippen molar-refractivity contribution < 1.29 is 14.3 Å². The molecule has 19 heavy (non-hydrogen) atoms. The SMILES string of the molecule is CC(C)(C)C(CCO)NC(=O)c1ccc(Cl)c(F)c1. The van der Waals surface area contributed by atoms with E-state index in [1.165, 1.54) is 12.1 Å². The Kier molecular flexibility index (Phi) is 5.32. The van der Waals surface area contributed by atoms with Crippen molar-refractivity contribution in [2.75, 3.05) is 6.61 Å². The summed E-state index contributed by atoms with van der Waals surface area (Å²) in [5.74, 6) is -0.993. The van der Waals surface area contributed by atoms with Crippen LogP contribution in [0.15, 0.2) is 18.2 Å². The van der Waals surface area contributed by atoms with Gasteiger partial charge in [-0.3, -0.25) is 4.79 Å². The molecule has 106 valence electrons. The summed E-state index contributed by atoms with van der Waals surface area (Å²) in [7, 11) is 0. The van der Waals surface area contributed by atoms with Crippen LogP contribution in [0.25, 0.3) is 0 Å². The molecule has 0 aliphatic carbocycles. The molecule has 0 saturated carbocycles. The molecule has 0 heterocycles. The van der Waals surface area contributed by atoms with Gasteiger partial charge in [0.25, 0.3) is 5.91 Å². The van der Waals surface area contributed by atoms with Gasteiger partial charge in [-0.25, -0.2) is 4.39 Å². The van der Waals surface area contributed by atoms with Gasteiger partial charge in [-0.2, -0.15) is 0 Å². The lowest BCUT2D eigenvalue weighted by Gasteiger charge is -2.31. The Balaban J connectivity index is 2.84. The smallest absolute Gasteiger partial charge is 0.251 e. The molecule has 0 spiro atoms. The van der Waals surface area contributed by atoms with E-state index in [0.717, 1.165) is 6.07 Å². The number of aliphatic hydroxyl groups excluding tert-OH is 1. The van der Waals surface area contributed by atoms with Gasteiger partial charge < -0.3 is 10.4 Å². The molecule has 1 unspecified atom stereocenters. The summed E-state index contributed by atoms with van der Waals surface area (Å²) >= 11 is 5.57. The molecule has 0 radical (unpaired) electrons. The number of benzene rings is 1. The van der Waals surface area contributed by atoms with Gasteiger partial charge in [-0.1, -0.05) is 32.4 Å². The summed E-state index contributed by atoms with van der Waals surface area (Å²) in [5, 5.41) is 11.8. The normalized spacial score (nSPS) is 13.2. The standard InChI is InChI=1S/C14H19ClFNO2/c1-14(2,3)12(6-7-18)17-13(19)9-4-5-10(15)11(16)8-9/h4-5,8,12,18H,6-7H2,1-3H3,(H,17,19). The summed E-state index contributed by atoms with van der Waals surface area (Å²) in [6.45, 7) is 5.89. The Morgan fingerprint density at radius 1 is 1.47 bits per heavy atom. The average molecular weight is 288 g/mol. The fourth-order valence-electron chi connectivity index (χ4n) is 1.73. The summed E-state index contributed by atoms with van der Waals surface area (Å²) in [6.07, 6.45) is 0.450. The maximum Gasteiger partial charge on any atom is 0.251 e. The number of hydrogen-bond acceptors (Lipinski definition) is 2. The molecule has 1 amide bonds. The third-order valence-electron chi connectivity index (χ3n) is 2.95. The molecule has 0 aliphatic heterocycles. The molecule has 1 aromatic rings. The van der Waals surface area contributed by atoms with Crippen LogP contribution in [-0.4, -0.2) is 23.7 Å². The van der Waals surface area contributed by atoms with Crippen LogP contribution in [0.5, 0.6) is 0 Å². The molecule has 0 bridgehead atoms. The number of carbonyl (C=O) groups excluding carboxylic acids is 1. The van der Waals surface area contributed by atoms with Crippen LogP contribution in [0.2, 0.25) is 5.02 Å². The second-order valence-electron chi connectivity index (χ2n) is 5.53. The minimum absolute atomic E-state index is 0.0146. The Hall–Kier alpha value is -1.13. The van der Waals surface area contributed by atoms with Crippen molar-refractivity contribution in [3.05, 3.63) is 34.6 Å². The lowest BCUT2D eigenvalue weighted by molar-refractivity contribution is 0.0884. The van der Waals surface area contributed by atoms with Gasteiger partial charge in [-0.05, 0) is 30.0 Å². The average Bonchev–Trinajstić information content (AvgIpc) is 2.30. The predicted molar refractivity (Wildman–Crippen MR) is 73.8 cm³/mol. The molecule has 1 aromatic carbocycles. The van der Waals surface area contributed by atoms with Crippen LogP contribution in [0.1, 0.15) is 37.6 Å². The second-order valence-corrected chi connectivity index (χ2v) is 5.94. The molecule has 0 aromatic heterocycles. The van der Waals surface area contributed by atoms with Gasteiger partial charge in [0.05, 0.1) is 5.02 Å². The van der Waals surface area contributed by atoms with Crippen molar-refractivity contribution in [2.24, 2.45) is 5.41 Å². The van der Waals surface area contributed by atoms with E-state index in [-0.39, 0.29) is 34.6 Å². The first-order valence-electron chi connectivity index (χ1n) is 6.12. The second kappa shape index (κ2) is 6.35. The Morgan fingerprint density at radius 2 is 2.11 bits per heavy atom. The molecule has 0 fully saturated rings. The van der Waals surface area contributed by atoms with Gasteiger partial charge in [0.15, 0.2) is 0 Å². The molecule has 1 atom stereocenters. The van der Waals surface area contributed by atoms with Crippen LogP contribution in [-0.2, 0) is 0 Å². The summed E-state index contributed by atoms with van der Waals surface area (Å²) in [5.41, 5.74) is 0.0256. The van der Waals surface area contributed by atoms with E-state index in [1.54, 1.807) is 0 Å². The van der Waals surface area contributed by atoms with Crippen molar-refractivity contribution >= 4 is 17.5 Å². The van der Waals surface area contributed by atoms with Crippen molar-refractivity contribution in [1.82, 2.24) is 5.32 Å². The Bertz CT molecular complexity index is 457. The van der Waals surface area contributed by atoms with Gasteiger partial charge in [-0.15, -0.1) is 0 Å². The van der Waals surface area contributed by atoms with E-state index in [0.29, 0.717) is 6.42 Å². The van der Waals surface area contributed by atoms with Crippen molar-refractivity contribution in [3.8, 4) is 0 Å². The molecule has 3 nitrogen and oxygen atoms in total. The number of aliphatic hydroxyl groups is 1. The highest BCUT2D eigenvalue weighted by atomic mass is 35.5. The monoisotopic (exact) mass is 287 g/mol. The van der Waals surface area contributed by atoms with Crippen molar-refractivity contribution in [2.45, 2.75) is 33.2 Å². The molecular weight excluding hydrogens is 269 g/mol. The number of rotatable bonds is 4. The number of nitrogens with one attached hydrogen (secondary N) is 1. The quantitative estimate of drug-likeness (QED) is 0.894. The van der Waals surface area contributed by atoms with Crippen LogP contribution < -0.4 is 5.32 Å². The number of carbonyl (C=O) groups is 1. The largest absolute Gasteiger partial charge is 0.396 e. The molecule has 5 heteroatoms. The van der Waals surface area contributed by atoms with E-state index in [4.69, 9.17) is 16.7 Å². The van der Waals surface area contributed by atoms with Crippen LogP contribution >= 0.6 is 11.6 Å². The minimum Gasteiger partial charge on any atom is -0.396 e. The van der Waals surface area contributed by atoms with E-state index in [9.17, 15) is 9.18 Å². The summed E-state index contributed by atoms with van der Waals surface area (Å²) in [4.78, 5) is 12.0. The number of halogens is 2. The zero-order valence-electron chi connectivity index (χ0n) is 11.3. The van der Waals surface area contributed by atoms with Crippen molar-refractivity contribution in [1.29, 1.82) is 0 Å². The van der Waals surface area contributed by atoms with Gasteiger partial charge in [0.2, 0.25) is 0 Å². The zero-order chi connectivity index (χ0) is 14.6. The summed E-state index contributed by atoms with van der Waals surface area (Å²) < 4.78 is 13.3. The first-order chi connectivity index (χ1) is 8.75. The maximum atomic E-state index is 13.3. The molecule has 2 N–H and O–H groups in total. The fraction of sp³-hybridized carbons (Fsp3) is 0.500. The van der Waals surface area contributed by atoms with Crippen LogP contribution in [0.4, 0.5) is 4.39 Å². The topological polar surface area (TPSA) is 49.3 Å². The summed E-state index contributed by atoms with van der Waals surface area (Å²) in [6, 6.07) is 3.74. The lowest BCUT2D eigenvalue weighted by Crippen LogP contribution is -2.44. The Labute approximate surface area is 117 Å². The highest BCUT2D eigenvalue weighted by Gasteiger charge is 2.26. The van der Waals surface area contributed by atoms with E-state index in [2.05, 4.69) is 5.32 Å². The van der Waals surface area contributed by atoms with Gasteiger partial charge in [0.1, 0.15) is 5.82 Å². The lowest BCUT2D eigenvalue weighted by atomic mass is 9.85. The third-order valence-corrected chi connectivity index (χ3v) is 3.26. The van der Waals surface area contributed by atoms with Crippen LogP contribution in [0.3, 0.4) is 0 Å². The highest BCUT2D eigenvalue weighted by Crippen LogP contribution is 2.22. The number of amides is 1. The van der Waals surface area contributed by atoms with Crippen molar-refractivity contribution in [3.63, 3.8) is 0 Å². The zero-order valence-corrected chi connectivity index (χ0v) is 12.1. The van der Waals surface area contributed by atoms with E-state index in [1.807, 2.05) is 20.8 Å². The first kappa shape index (κ1) is 15.9. The maximum absolute atomic E-state index is 13.3. The Morgan fingerprint density at radius 3 is 2.58 bits per heavy atom. The number of hydrogen-bond donors (Lipinski definition) is 2. The fourth-order valence-corrected chi connectivity index (χ4v) is 1.85. The highest BCUT2D eigenvalue weighted by molar-refractivity contribution is 6.30. The minimum atomic E-state index is -0.621. The van der Waals surface area contributed by atoms with Gasteiger partial charge in [0, 0.05) is 18.2 Å².